The van der Waals surface area contributed by atoms with Gasteiger partial charge >= 0.3 is 0 Å². The van der Waals surface area contributed by atoms with Crippen LogP contribution in [0.3, 0.4) is 0 Å². The quantitative estimate of drug-likeness (QED) is 0.657. The highest BCUT2D eigenvalue weighted by molar-refractivity contribution is 7.86. The summed E-state index contributed by atoms with van der Waals surface area (Å²) in [6, 6.07) is 7.91. The summed E-state index contributed by atoms with van der Waals surface area (Å²) in [5.41, 5.74) is 7.86. The fourth-order valence-corrected chi connectivity index (χ4v) is 2.33. The standard InChI is InChI=1S/C14H23N3OS/c1-11-6-5-7-12(10-11)17-13(15)16-8-9-19(18)14(2,3)4/h5-7,10H,8-9H2,1-4H3,(H3,15,16,17). The SMILES string of the molecule is Cc1cccc(NC(N)=NCCS(=O)C(C)(C)C)c1. The largest absolute Gasteiger partial charge is 0.370 e. The summed E-state index contributed by atoms with van der Waals surface area (Å²) in [4.78, 5) is 4.19. The van der Waals surface area contributed by atoms with Crippen LogP contribution in [-0.4, -0.2) is 27.2 Å². The van der Waals surface area contributed by atoms with Gasteiger partial charge in [0.25, 0.3) is 0 Å². The number of rotatable bonds is 4. The normalized spacial score (nSPS) is 14.2. The van der Waals surface area contributed by atoms with E-state index in [1.807, 2.05) is 52.0 Å². The van der Waals surface area contributed by atoms with E-state index in [0.29, 0.717) is 18.3 Å². The predicted octanol–water partition coefficient (Wildman–Crippen LogP) is 2.27. The van der Waals surface area contributed by atoms with Crippen LogP contribution in [0.25, 0.3) is 0 Å². The minimum Gasteiger partial charge on any atom is -0.370 e. The van der Waals surface area contributed by atoms with Crippen molar-refractivity contribution in [2.45, 2.75) is 32.4 Å². The van der Waals surface area contributed by atoms with Gasteiger partial charge in [-0.3, -0.25) is 9.20 Å². The molecule has 0 bridgehead atoms. The maximum Gasteiger partial charge on any atom is 0.193 e. The Morgan fingerprint density at radius 3 is 2.68 bits per heavy atom. The molecule has 19 heavy (non-hydrogen) atoms. The summed E-state index contributed by atoms with van der Waals surface area (Å²) in [6.45, 7) is 8.36. The van der Waals surface area contributed by atoms with Crippen molar-refractivity contribution >= 4 is 22.4 Å². The molecule has 1 aromatic carbocycles. The van der Waals surface area contributed by atoms with E-state index in [9.17, 15) is 4.21 Å². The molecule has 0 saturated heterocycles. The van der Waals surface area contributed by atoms with Crippen molar-refractivity contribution in [3.8, 4) is 0 Å². The van der Waals surface area contributed by atoms with Crippen LogP contribution in [0.15, 0.2) is 29.3 Å². The van der Waals surface area contributed by atoms with Crippen LogP contribution >= 0.6 is 0 Å². The van der Waals surface area contributed by atoms with Gasteiger partial charge in [0.15, 0.2) is 5.96 Å². The number of nitrogens with two attached hydrogens (primary N) is 1. The van der Waals surface area contributed by atoms with Gasteiger partial charge in [0.05, 0.1) is 6.54 Å². The van der Waals surface area contributed by atoms with E-state index >= 15 is 0 Å². The number of nitrogens with one attached hydrogen (secondary N) is 1. The molecule has 5 heteroatoms. The average molecular weight is 281 g/mol. The van der Waals surface area contributed by atoms with Crippen LogP contribution < -0.4 is 11.1 Å². The third-order valence-electron chi connectivity index (χ3n) is 2.53. The lowest BCUT2D eigenvalue weighted by molar-refractivity contribution is 0.648. The zero-order valence-electron chi connectivity index (χ0n) is 12.1. The molecule has 1 rings (SSSR count). The van der Waals surface area contributed by atoms with Crippen molar-refractivity contribution in [1.29, 1.82) is 0 Å². The average Bonchev–Trinajstić information content (AvgIpc) is 2.27. The van der Waals surface area contributed by atoms with Crippen molar-refractivity contribution in [3.63, 3.8) is 0 Å². The van der Waals surface area contributed by atoms with E-state index < -0.39 is 10.8 Å². The van der Waals surface area contributed by atoms with Gasteiger partial charge in [0, 0.05) is 27.0 Å². The monoisotopic (exact) mass is 281 g/mol. The number of aliphatic imine (C=N–C) groups is 1. The van der Waals surface area contributed by atoms with Crippen molar-refractivity contribution in [2.75, 3.05) is 17.6 Å². The van der Waals surface area contributed by atoms with E-state index in [-0.39, 0.29) is 4.75 Å². The molecule has 0 aliphatic carbocycles. The Morgan fingerprint density at radius 2 is 2.11 bits per heavy atom. The highest BCUT2D eigenvalue weighted by atomic mass is 32.2. The first-order chi connectivity index (χ1) is 8.79. The van der Waals surface area contributed by atoms with Crippen LogP contribution in [0.2, 0.25) is 0 Å². The van der Waals surface area contributed by atoms with E-state index in [0.717, 1.165) is 11.3 Å². The first-order valence-corrected chi connectivity index (χ1v) is 7.63. The lowest BCUT2D eigenvalue weighted by atomic mass is 10.2. The molecule has 0 heterocycles. The van der Waals surface area contributed by atoms with E-state index in [1.54, 1.807) is 0 Å². The second-order valence-electron chi connectivity index (χ2n) is 5.42. The van der Waals surface area contributed by atoms with Crippen molar-refractivity contribution in [1.82, 2.24) is 0 Å². The third-order valence-corrected chi connectivity index (χ3v) is 4.45. The zero-order valence-corrected chi connectivity index (χ0v) is 12.9. The number of anilines is 1. The van der Waals surface area contributed by atoms with Gasteiger partial charge < -0.3 is 11.1 Å². The van der Waals surface area contributed by atoms with E-state index in [1.165, 1.54) is 0 Å². The van der Waals surface area contributed by atoms with Crippen molar-refractivity contribution in [2.24, 2.45) is 10.7 Å². The number of nitrogens with zero attached hydrogens (tertiary/aromatic N) is 1. The molecule has 0 amide bonds. The molecule has 0 saturated carbocycles. The summed E-state index contributed by atoms with van der Waals surface area (Å²) in [7, 11) is -0.894. The summed E-state index contributed by atoms with van der Waals surface area (Å²) in [5, 5.41) is 3.02. The summed E-state index contributed by atoms with van der Waals surface area (Å²) < 4.78 is 11.6. The molecule has 0 aliphatic heterocycles. The molecule has 106 valence electrons. The van der Waals surface area contributed by atoms with E-state index in [2.05, 4.69) is 10.3 Å². The maximum absolute atomic E-state index is 11.8. The molecule has 3 N–H and O–H groups in total. The second-order valence-corrected chi connectivity index (χ2v) is 7.75. The molecule has 1 aromatic rings. The van der Waals surface area contributed by atoms with Gasteiger partial charge in [0.2, 0.25) is 0 Å². The molecular formula is C14H23N3OS. The predicted molar refractivity (Wildman–Crippen MR) is 84.1 cm³/mol. The minimum absolute atomic E-state index is 0.200. The first-order valence-electron chi connectivity index (χ1n) is 6.31. The third kappa shape index (κ3) is 5.87. The summed E-state index contributed by atoms with van der Waals surface area (Å²) in [6.07, 6.45) is 0. The molecule has 0 spiro atoms. The molecule has 0 radical (unpaired) electrons. The van der Waals surface area contributed by atoms with Crippen LogP contribution in [0, 0.1) is 6.92 Å². The van der Waals surface area contributed by atoms with Crippen LogP contribution in [0.1, 0.15) is 26.3 Å². The molecule has 0 fully saturated rings. The molecule has 4 nitrogen and oxygen atoms in total. The van der Waals surface area contributed by atoms with Gasteiger partial charge in [0.1, 0.15) is 0 Å². The highest BCUT2D eigenvalue weighted by Gasteiger charge is 2.18. The van der Waals surface area contributed by atoms with Crippen LogP contribution in [-0.2, 0) is 10.8 Å². The van der Waals surface area contributed by atoms with Gasteiger partial charge in [-0.05, 0) is 45.4 Å². The lowest BCUT2D eigenvalue weighted by Crippen LogP contribution is -2.27. The van der Waals surface area contributed by atoms with Crippen molar-refractivity contribution in [3.05, 3.63) is 29.8 Å². The Labute approximate surface area is 118 Å². The highest BCUT2D eigenvalue weighted by Crippen LogP contribution is 2.11. The van der Waals surface area contributed by atoms with Crippen LogP contribution in [0.4, 0.5) is 5.69 Å². The summed E-state index contributed by atoms with van der Waals surface area (Å²) >= 11 is 0. The minimum atomic E-state index is -0.894. The van der Waals surface area contributed by atoms with Gasteiger partial charge in [-0.15, -0.1) is 0 Å². The first kappa shape index (κ1) is 15.7. The maximum atomic E-state index is 11.8. The van der Waals surface area contributed by atoms with E-state index in [4.69, 9.17) is 5.73 Å². The number of benzene rings is 1. The fraction of sp³-hybridized carbons (Fsp3) is 0.500. The smallest absolute Gasteiger partial charge is 0.193 e. The Kier molecular flexibility index (Phi) is 5.54. The van der Waals surface area contributed by atoms with Crippen LogP contribution in [0.5, 0.6) is 0 Å². The molecule has 1 atom stereocenters. The van der Waals surface area contributed by atoms with Crippen molar-refractivity contribution < 1.29 is 4.21 Å². The van der Waals surface area contributed by atoms with Gasteiger partial charge in [-0.2, -0.15) is 0 Å². The molecule has 0 aliphatic rings. The lowest BCUT2D eigenvalue weighted by Gasteiger charge is -2.16. The number of aryl methyl sites for hydroxylation is 1. The fourth-order valence-electron chi connectivity index (χ4n) is 1.47. The number of hydrogen-bond donors (Lipinski definition) is 2. The van der Waals surface area contributed by atoms with Gasteiger partial charge in [-0.1, -0.05) is 12.1 Å². The number of guanidine groups is 1. The second kappa shape index (κ2) is 6.70. The molecule has 1 unspecified atom stereocenters. The number of hydrogen-bond acceptors (Lipinski definition) is 2. The Hall–Kier alpha value is -1.36. The molecular weight excluding hydrogens is 258 g/mol. The Bertz CT molecular complexity index is 478. The Morgan fingerprint density at radius 1 is 1.42 bits per heavy atom. The Balaban J connectivity index is 2.48. The topological polar surface area (TPSA) is 67.5 Å². The summed E-state index contributed by atoms with van der Waals surface area (Å²) in [5.74, 6) is 0.885. The molecule has 0 aromatic heterocycles. The zero-order chi connectivity index (χ0) is 14.5. The van der Waals surface area contributed by atoms with Gasteiger partial charge in [-0.25, -0.2) is 0 Å².